The van der Waals surface area contributed by atoms with Gasteiger partial charge in [0.1, 0.15) is 0 Å². The first-order chi connectivity index (χ1) is 11.1. The van der Waals surface area contributed by atoms with E-state index in [-0.39, 0.29) is 5.92 Å². The Labute approximate surface area is 141 Å². The Hall–Kier alpha value is -2.15. The molecule has 0 aliphatic carbocycles. The maximum Gasteiger partial charge on any atom is 0.216 e. The molecular formula is C16H22N4O2S. The molecular weight excluding hydrogens is 312 g/mol. The molecule has 0 unspecified atom stereocenters. The first-order valence-electron chi connectivity index (χ1n) is 7.59. The number of hydrogen-bond donors (Lipinski definition) is 1. The van der Waals surface area contributed by atoms with Crippen molar-refractivity contribution >= 4 is 18.4 Å². The Balaban J connectivity index is 2.29. The Morgan fingerprint density at radius 3 is 2.83 bits per heavy atom. The zero-order valence-electron chi connectivity index (χ0n) is 13.9. The number of aromatic nitrogens is 3. The highest BCUT2D eigenvalue weighted by Gasteiger charge is 2.09. The van der Waals surface area contributed by atoms with Crippen molar-refractivity contribution in [2.45, 2.75) is 33.1 Å². The van der Waals surface area contributed by atoms with Gasteiger partial charge in [0.15, 0.2) is 17.3 Å². The minimum absolute atomic E-state index is 0.222. The van der Waals surface area contributed by atoms with Gasteiger partial charge in [0.2, 0.25) is 4.77 Å². The van der Waals surface area contributed by atoms with E-state index in [1.165, 1.54) is 0 Å². The third kappa shape index (κ3) is 4.19. The minimum Gasteiger partial charge on any atom is -0.493 e. The minimum atomic E-state index is 0.222. The Kier molecular flexibility index (Phi) is 5.92. The zero-order chi connectivity index (χ0) is 16.8. The van der Waals surface area contributed by atoms with Crippen molar-refractivity contribution in [3.63, 3.8) is 0 Å². The second kappa shape index (κ2) is 7.92. The smallest absolute Gasteiger partial charge is 0.216 e. The summed E-state index contributed by atoms with van der Waals surface area (Å²) in [6, 6.07) is 5.68. The highest BCUT2D eigenvalue weighted by atomic mass is 32.1. The summed E-state index contributed by atoms with van der Waals surface area (Å²) in [5.41, 5.74) is 0.898. The van der Waals surface area contributed by atoms with E-state index in [9.17, 15) is 0 Å². The van der Waals surface area contributed by atoms with Crippen LogP contribution < -0.4 is 9.47 Å². The standard InChI is InChI=1S/C16H22N4O2S/c1-5-8-22-14-9-12(6-7-13(14)21-4)10-17-20-15(11(2)3)18-19-16(20)23/h6-7,9-11H,5,8H2,1-4H3,(H,19,23)/b17-10-. The Bertz CT molecular complexity index is 734. The van der Waals surface area contributed by atoms with Gasteiger partial charge in [-0.1, -0.05) is 20.8 Å². The van der Waals surface area contributed by atoms with Crippen LogP contribution in [-0.2, 0) is 0 Å². The topological polar surface area (TPSA) is 64.4 Å². The number of rotatable bonds is 7. The predicted octanol–water partition coefficient (Wildman–Crippen LogP) is 3.74. The van der Waals surface area contributed by atoms with E-state index >= 15 is 0 Å². The molecule has 124 valence electrons. The van der Waals surface area contributed by atoms with E-state index < -0.39 is 0 Å². The summed E-state index contributed by atoms with van der Waals surface area (Å²) in [5.74, 6) is 2.43. The molecule has 1 aromatic carbocycles. The van der Waals surface area contributed by atoms with E-state index in [1.807, 2.05) is 32.0 Å². The summed E-state index contributed by atoms with van der Waals surface area (Å²) >= 11 is 5.22. The van der Waals surface area contributed by atoms with Crippen LogP contribution in [0.3, 0.4) is 0 Å². The second-order valence-corrected chi connectivity index (χ2v) is 5.74. The highest BCUT2D eigenvalue weighted by molar-refractivity contribution is 7.71. The zero-order valence-corrected chi connectivity index (χ0v) is 14.7. The van der Waals surface area contributed by atoms with Crippen molar-refractivity contribution in [1.82, 2.24) is 14.9 Å². The molecule has 1 N–H and O–H groups in total. The fraction of sp³-hybridized carbons (Fsp3) is 0.438. The van der Waals surface area contributed by atoms with Crippen LogP contribution in [0.15, 0.2) is 23.3 Å². The van der Waals surface area contributed by atoms with Crippen molar-refractivity contribution in [3.8, 4) is 11.5 Å². The molecule has 0 bridgehead atoms. The number of methoxy groups -OCH3 is 1. The van der Waals surface area contributed by atoms with Crippen LogP contribution in [0, 0.1) is 4.77 Å². The van der Waals surface area contributed by atoms with Crippen LogP contribution >= 0.6 is 12.2 Å². The van der Waals surface area contributed by atoms with E-state index in [0.29, 0.717) is 22.9 Å². The molecule has 0 amide bonds. The Morgan fingerprint density at radius 1 is 1.39 bits per heavy atom. The molecule has 0 radical (unpaired) electrons. The number of nitrogens with zero attached hydrogens (tertiary/aromatic N) is 3. The molecule has 1 aromatic heterocycles. The molecule has 6 nitrogen and oxygen atoms in total. The second-order valence-electron chi connectivity index (χ2n) is 5.36. The lowest BCUT2D eigenvalue weighted by Gasteiger charge is -2.10. The molecule has 1 heterocycles. The average molecular weight is 334 g/mol. The lowest BCUT2D eigenvalue weighted by Crippen LogP contribution is -2.01. The average Bonchev–Trinajstić information content (AvgIpc) is 2.92. The van der Waals surface area contributed by atoms with Crippen molar-refractivity contribution < 1.29 is 9.47 Å². The summed E-state index contributed by atoms with van der Waals surface area (Å²) in [4.78, 5) is 0. The number of benzene rings is 1. The van der Waals surface area contributed by atoms with Crippen LogP contribution in [0.4, 0.5) is 0 Å². The number of aromatic amines is 1. The van der Waals surface area contributed by atoms with E-state index in [2.05, 4.69) is 22.2 Å². The van der Waals surface area contributed by atoms with Gasteiger partial charge >= 0.3 is 0 Å². The predicted molar refractivity (Wildman–Crippen MR) is 93.3 cm³/mol. The maximum atomic E-state index is 5.71. The van der Waals surface area contributed by atoms with Crippen LogP contribution in [0.5, 0.6) is 11.5 Å². The number of H-pyrrole nitrogens is 1. The summed E-state index contributed by atoms with van der Waals surface area (Å²) in [6.45, 7) is 6.79. The van der Waals surface area contributed by atoms with Crippen molar-refractivity contribution in [2.24, 2.45) is 5.10 Å². The summed E-state index contributed by atoms with van der Waals surface area (Å²) in [6.07, 6.45) is 2.67. The van der Waals surface area contributed by atoms with Crippen LogP contribution in [-0.4, -0.2) is 34.8 Å². The van der Waals surface area contributed by atoms with Crippen molar-refractivity contribution in [3.05, 3.63) is 34.4 Å². The van der Waals surface area contributed by atoms with Gasteiger partial charge < -0.3 is 9.47 Å². The molecule has 0 spiro atoms. The van der Waals surface area contributed by atoms with Gasteiger partial charge in [0, 0.05) is 5.92 Å². The van der Waals surface area contributed by atoms with Crippen LogP contribution in [0.1, 0.15) is 44.5 Å². The lowest BCUT2D eigenvalue weighted by molar-refractivity contribution is 0.294. The molecule has 2 rings (SSSR count). The number of hydrogen-bond acceptors (Lipinski definition) is 5. The van der Waals surface area contributed by atoms with Gasteiger partial charge in [-0.3, -0.25) is 5.10 Å². The number of nitrogens with one attached hydrogen (secondary N) is 1. The lowest BCUT2D eigenvalue weighted by atomic mass is 10.2. The monoisotopic (exact) mass is 334 g/mol. The fourth-order valence-electron chi connectivity index (χ4n) is 2.01. The molecule has 2 aromatic rings. The van der Waals surface area contributed by atoms with Gasteiger partial charge in [0.25, 0.3) is 0 Å². The first-order valence-corrected chi connectivity index (χ1v) is 8.00. The fourth-order valence-corrected chi connectivity index (χ4v) is 2.20. The van der Waals surface area contributed by atoms with Crippen molar-refractivity contribution in [2.75, 3.05) is 13.7 Å². The molecule has 23 heavy (non-hydrogen) atoms. The third-order valence-corrected chi connectivity index (χ3v) is 3.43. The molecule has 7 heteroatoms. The summed E-state index contributed by atoms with van der Waals surface area (Å²) < 4.78 is 13.1. The quantitative estimate of drug-likeness (QED) is 0.619. The molecule has 0 fully saturated rings. The summed E-state index contributed by atoms with van der Waals surface area (Å²) in [5, 5.41) is 11.4. The van der Waals surface area contributed by atoms with Gasteiger partial charge in [0.05, 0.1) is 19.9 Å². The van der Waals surface area contributed by atoms with Gasteiger partial charge in [-0.2, -0.15) is 14.9 Å². The van der Waals surface area contributed by atoms with Gasteiger partial charge in [-0.25, -0.2) is 0 Å². The first kappa shape index (κ1) is 17.2. The molecule has 0 atom stereocenters. The number of ether oxygens (including phenoxy) is 2. The van der Waals surface area contributed by atoms with Gasteiger partial charge in [-0.15, -0.1) is 0 Å². The largest absolute Gasteiger partial charge is 0.493 e. The van der Waals surface area contributed by atoms with Gasteiger partial charge in [-0.05, 0) is 42.4 Å². The van der Waals surface area contributed by atoms with E-state index in [4.69, 9.17) is 21.7 Å². The highest BCUT2D eigenvalue weighted by Crippen LogP contribution is 2.27. The third-order valence-electron chi connectivity index (χ3n) is 3.16. The maximum absolute atomic E-state index is 5.71. The summed E-state index contributed by atoms with van der Waals surface area (Å²) in [7, 11) is 1.63. The molecule has 0 saturated heterocycles. The van der Waals surface area contributed by atoms with E-state index in [0.717, 1.165) is 17.8 Å². The molecule has 0 aliphatic rings. The van der Waals surface area contributed by atoms with E-state index in [1.54, 1.807) is 18.0 Å². The van der Waals surface area contributed by atoms with Crippen LogP contribution in [0.2, 0.25) is 0 Å². The molecule has 0 aliphatic heterocycles. The van der Waals surface area contributed by atoms with Crippen molar-refractivity contribution in [1.29, 1.82) is 0 Å². The molecule has 0 saturated carbocycles. The SMILES string of the molecule is CCCOc1cc(/C=N\n2c(C(C)C)n[nH]c2=S)ccc1OC. The normalized spacial score (nSPS) is 11.3. The Morgan fingerprint density at radius 2 is 2.17 bits per heavy atom. The van der Waals surface area contributed by atoms with Crippen LogP contribution in [0.25, 0.3) is 0 Å².